The Morgan fingerprint density at radius 2 is 2.33 bits per heavy atom. The molecule has 21 heavy (non-hydrogen) atoms. The third-order valence-corrected chi connectivity index (χ3v) is 3.93. The molecule has 2 rings (SSSR count). The second-order valence-corrected chi connectivity index (χ2v) is 5.35. The second-order valence-electron chi connectivity index (χ2n) is 5.35. The minimum atomic E-state index is -0.395. The van der Waals surface area contributed by atoms with E-state index >= 15 is 0 Å². The van der Waals surface area contributed by atoms with Crippen LogP contribution in [-0.4, -0.2) is 41.7 Å². The molecule has 1 heterocycles. The fourth-order valence-corrected chi connectivity index (χ4v) is 2.94. The minimum Gasteiger partial charge on any atom is -0.396 e. The van der Waals surface area contributed by atoms with Crippen molar-refractivity contribution in [2.75, 3.05) is 25.0 Å². The third kappa shape index (κ3) is 3.53. The molecule has 116 valence electrons. The Hall–Kier alpha value is -1.62. The average molecular weight is 294 g/mol. The largest absolute Gasteiger partial charge is 0.396 e. The molecule has 1 aliphatic rings. The van der Waals surface area contributed by atoms with Gasteiger partial charge in [0.1, 0.15) is 5.82 Å². The van der Waals surface area contributed by atoms with Crippen LogP contribution in [0.15, 0.2) is 18.2 Å². The second kappa shape index (κ2) is 7.41. The predicted molar refractivity (Wildman–Crippen MR) is 80.9 cm³/mol. The number of carbonyl (C=O) groups is 1. The van der Waals surface area contributed by atoms with Crippen LogP contribution in [0.5, 0.6) is 0 Å². The van der Waals surface area contributed by atoms with Crippen molar-refractivity contribution in [3.63, 3.8) is 0 Å². The van der Waals surface area contributed by atoms with Crippen LogP contribution in [0.1, 0.15) is 43.0 Å². The van der Waals surface area contributed by atoms with Gasteiger partial charge in [-0.2, -0.15) is 0 Å². The molecular weight excluding hydrogens is 271 g/mol. The lowest BCUT2D eigenvalue weighted by atomic mass is 10.1. The lowest BCUT2D eigenvalue weighted by Gasteiger charge is -2.26. The van der Waals surface area contributed by atoms with E-state index in [2.05, 4.69) is 5.32 Å². The summed E-state index contributed by atoms with van der Waals surface area (Å²) in [6.45, 7) is 3.29. The van der Waals surface area contributed by atoms with Gasteiger partial charge in [0.25, 0.3) is 5.91 Å². The highest BCUT2D eigenvalue weighted by Crippen LogP contribution is 2.27. The average Bonchev–Trinajstić information content (AvgIpc) is 2.95. The van der Waals surface area contributed by atoms with Gasteiger partial charge in [0, 0.05) is 25.7 Å². The predicted octanol–water partition coefficient (Wildman–Crippen LogP) is 2.63. The summed E-state index contributed by atoms with van der Waals surface area (Å²) >= 11 is 0. The molecule has 2 N–H and O–H groups in total. The van der Waals surface area contributed by atoms with Crippen LogP contribution in [-0.2, 0) is 0 Å². The lowest BCUT2D eigenvalue weighted by Crippen LogP contribution is -2.36. The first-order valence-corrected chi connectivity index (χ1v) is 7.63. The number of hydrogen-bond donors (Lipinski definition) is 2. The minimum absolute atomic E-state index is 0.120. The van der Waals surface area contributed by atoms with Gasteiger partial charge in [-0.1, -0.05) is 6.07 Å². The van der Waals surface area contributed by atoms with Gasteiger partial charge in [-0.3, -0.25) is 4.79 Å². The quantitative estimate of drug-likeness (QED) is 0.848. The summed E-state index contributed by atoms with van der Waals surface area (Å²) in [5.41, 5.74) is 0.686. The SMILES string of the molecule is CCNc1c(F)cccc1C(=O)N1CCCC1CCCO. The van der Waals surface area contributed by atoms with Gasteiger partial charge >= 0.3 is 0 Å². The normalized spacial score (nSPS) is 18.0. The third-order valence-electron chi connectivity index (χ3n) is 3.93. The highest BCUT2D eigenvalue weighted by atomic mass is 19.1. The van der Waals surface area contributed by atoms with E-state index in [-0.39, 0.29) is 24.2 Å². The molecule has 4 nitrogen and oxygen atoms in total. The van der Waals surface area contributed by atoms with Gasteiger partial charge in [-0.15, -0.1) is 0 Å². The number of aliphatic hydroxyl groups excluding tert-OH is 1. The number of benzene rings is 1. The van der Waals surface area contributed by atoms with E-state index in [0.717, 1.165) is 19.3 Å². The van der Waals surface area contributed by atoms with Crippen LogP contribution in [0.2, 0.25) is 0 Å². The van der Waals surface area contributed by atoms with E-state index in [9.17, 15) is 9.18 Å². The molecular formula is C16H23FN2O2. The first-order valence-electron chi connectivity index (χ1n) is 7.63. The Kier molecular flexibility index (Phi) is 5.56. The number of anilines is 1. The summed E-state index contributed by atoms with van der Waals surface area (Å²) in [6, 6.07) is 4.76. The summed E-state index contributed by atoms with van der Waals surface area (Å²) in [6.07, 6.45) is 3.41. The van der Waals surface area contributed by atoms with Gasteiger partial charge < -0.3 is 15.3 Å². The number of rotatable bonds is 6. The topological polar surface area (TPSA) is 52.6 Å². The van der Waals surface area contributed by atoms with Gasteiger partial charge in [-0.25, -0.2) is 4.39 Å². The molecule has 1 fully saturated rings. The summed E-state index contributed by atoms with van der Waals surface area (Å²) in [5, 5.41) is 11.9. The number of aliphatic hydroxyl groups is 1. The van der Waals surface area contributed by atoms with E-state index in [4.69, 9.17) is 5.11 Å². The number of carbonyl (C=O) groups excluding carboxylic acids is 1. The molecule has 1 aromatic carbocycles. The van der Waals surface area contributed by atoms with Crippen molar-refractivity contribution in [2.24, 2.45) is 0 Å². The van der Waals surface area contributed by atoms with Crippen molar-refractivity contribution in [2.45, 2.75) is 38.6 Å². The van der Waals surface area contributed by atoms with Crippen molar-refractivity contribution in [1.29, 1.82) is 0 Å². The number of halogens is 1. The molecule has 1 amide bonds. The Labute approximate surface area is 125 Å². The highest BCUT2D eigenvalue weighted by Gasteiger charge is 2.30. The van der Waals surface area contributed by atoms with Crippen molar-refractivity contribution in [1.82, 2.24) is 4.90 Å². The zero-order valence-electron chi connectivity index (χ0n) is 12.4. The fraction of sp³-hybridized carbons (Fsp3) is 0.562. The Balaban J connectivity index is 2.21. The number of nitrogens with one attached hydrogen (secondary N) is 1. The summed E-state index contributed by atoms with van der Waals surface area (Å²) < 4.78 is 13.9. The van der Waals surface area contributed by atoms with E-state index in [1.807, 2.05) is 11.8 Å². The summed E-state index contributed by atoms with van der Waals surface area (Å²) in [4.78, 5) is 14.5. The Morgan fingerprint density at radius 3 is 3.05 bits per heavy atom. The number of nitrogens with zero attached hydrogens (tertiary/aromatic N) is 1. The van der Waals surface area contributed by atoms with Crippen LogP contribution >= 0.6 is 0 Å². The molecule has 1 unspecified atom stereocenters. The van der Waals surface area contributed by atoms with Gasteiger partial charge in [-0.05, 0) is 44.7 Å². The monoisotopic (exact) mass is 294 g/mol. The molecule has 0 saturated carbocycles. The van der Waals surface area contributed by atoms with Crippen molar-refractivity contribution in [3.8, 4) is 0 Å². The van der Waals surface area contributed by atoms with E-state index in [0.29, 0.717) is 25.1 Å². The van der Waals surface area contributed by atoms with Crippen LogP contribution in [0.3, 0.4) is 0 Å². The maximum Gasteiger partial charge on any atom is 0.256 e. The van der Waals surface area contributed by atoms with E-state index < -0.39 is 5.82 Å². The van der Waals surface area contributed by atoms with Gasteiger partial charge in [0.15, 0.2) is 0 Å². The van der Waals surface area contributed by atoms with Crippen LogP contribution in [0.4, 0.5) is 10.1 Å². The van der Waals surface area contributed by atoms with Crippen LogP contribution in [0.25, 0.3) is 0 Å². The van der Waals surface area contributed by atoms with Crippen molar-refractivity contribution >= 4 is 11.6 Å². The lowest BCUT2D eigenvalue weighted by molar-refractivity contribution is 0.0725. The number of para-hydroxylation sites is 1. The van der Waals surface area contributed by atoms with Gasteiger partial charge in [0.2, 0.25) is 0 Å². The van der Waals surface area contributed by atoms with E-state index in [1.54, 1.807) is 12.1 Å². The Bertz CT molecular complexity index is 493. The molecule has 0 bridgehead atoms. The molecule has 1 aliphatic heterocycles. The number of hydrogen-bond acceptors (Lipinski definition) is 3. The van der Waals surface area contributed by atoms with Crippen molar-refractivity contribution < 1.29 is 14.3 Å². The first-order chi connectivity index (χ1) is 10.2. The molecule has 1 atom stereocenters. The molecule has 0 aromatic heterocycles. The van der Waals surface area contributed by atoms with Crippen LogP contribution in [0, 0.1) is 5.82 Å². The highest BCUT2D eigenvalue weighted by molar-refractivity contribution is 6.00. The zero-order chi connectivity index (χ0) is 15.2. The molecule has 5 heteroatoms. The molecule has 0 spiro atoms. The zero-order valence-corrected chi connectivity index (χ0v) is 12.4. The molecule has 0 aliphatic carbocycles. The summed E-state index contributed by atoms with van der Waals surface area (Å²) in [5.74, 6) is -0.514. The molecule has 1 aromatic rings. The van der Waals surface area contributed by atoms with Gasteiger partial charge in [0.05, 0.1) is 11.3 Å². The van der Waals surface area contributed by atoms with E-state index in [1.165, 1.54) is 6.07 Å². The number of amides is 1. The Morgan fingerprint density at radius 1 is 1.52 bits per heavy atom. The van der Waals surface area contributed by atoms with Crippen molar-refractivity contribution in [3.05, 3.63) is 29.6 Å². The van der Waals surface area contributed by atoms with Crippen LogP contribution < -0.4 is 5.32 Å². The standard InChI is InChI=1S/C16H23FN2O2/c1-2-18-15-13(8-3-9-14(15)17)16(21)19-10-4-6-12(19)7-5-11-20/h3,8-9,12,18,20H,2,4-7,10-11H2,1H3. The maximum atomic E-state index is 13.9. The molecule has 0 radical (unpaired) electrons. The molecule has 1 saturated heterocycles. The first kappa shape index (κ1) is 15.8. The summed E-state index contributed by atoms with van der Waals surface area (Å²) in [7, 11) is 0. The smallest absolute Gasteiger partial charge is 0.256 e. The fourth-order valence-electron chi connectivity index (χ4n) is 2.94. The number of likely N-dealkylation sites (tertiary alicyclic amines) is 1. The maximum absolute atomic E-state index is 13.9.